The molecule has 7 amide bonds. The lowest BCUT2D eigenvalue weighted by Crippen LogP contribution is -2.42. The maximum Gasteiger partial charge on any atom is 0.254 e. The summed E-state index contributed by atoms with van der Waals surface area (Å²) in [5.41, 5.74) is 11.0. The Morgan fingerprint density at radius 1 is 0.391 bits per heavy atom. The number of nitrogens with two attached hydrogens (primary N) is 1. The minimum absolute atomic E-state index is 0.0313. The van der Waals surface area contributed by atoms with Crippen LogP contribution in [0.4, 0.5) is 22.0 Å². The second kappa shape index (κ2) is 40.6. The van der Waals surface area contributed by atoms with Crippen LogP contribution in [0.5, 0.6) is 0 Å². The van der Waals surface area contributed by atoms with Gasteiger partial charge in [0.1, 0.15) is 63.6 Å². The molecule has 22 rings (SSSR count). The average molecular weight is 1940 g/mol. The molecule has 0 saturated heterocycles. The number of aliphatic hydroxyl groups excluding tert-OH is 1. The summed E-state index contributed by atoms with van der Waals surface area (Å²) in [5.74, 6) is -6.41. The molecular weight excluding hydrogens is 1860 g/mol. The number of nitrogens with one attached hydrogen (secondary N) is 11. The van der Waals surface area contributed by atoms with Crippen LogP contribution in [0.15, 0.2) is 242 Å². The lowest BCUT2D eigenvalue weighted by molar-refractivity contribution is -0.120. The predicted octanol–water partition coefficient (Wildman–Crippen LogP) is 21.0. The summed E-state index contributed by atoms with van der Waals surface area (Å²) in [6.07, 6.45) is 2.65. The molecule has 35 heteroatoms. The van der Waals surface area contributed by atoms with Crippen LogP contribution in [-0.2, 0) is 16.0 Å². The number of halogens is 5. The van der Waals surface area contributed by atoms with Gasteiger partial charge < -0.3 is 42.7 Å². The maximum absolute atomic E-state index is 15.3. The molecule has 138 heavy (non-hydrogen) atoms. The number of carbonyl (C=O) groups is 7. The quantitative estimate of drug-likeness (QED) is 0.0222. The third kappa shape index (κ3) is 19.7. The zero-order valence-electron chi connectivity index (χ0n) is 73.9. The summed E-state index contributed by atoms with van der Waals surface area (Å²) < 4.78 is 80.6. The molecule has 21 aromatic rings. The van der Waals surface area contributed by atoms with Crippen LogP contribution in [0.1, 0.15) is 97.2 Å². The molecule has 14 N–H and O–H groups in total. The van der Waals surface area contributed by atoms with E-state index in [2.05, 4.69) is 82.9 Å². The number of hydrogen-bond acceptors (Lipinski definition) is 18. The number of benzene rings is 11. The highest BCUT2D eigenvalue weighted by atomic mass is 32.1. The Hall–Kier alpha value is -15.5. The third-order valence-corrected chi connectivity index (χ3v) is 28.7. The second-order valence-electron chi connectivity index (χ2n) is 32.9. The van der Waals surface area contributed by atoms with E-state index >= 15 is 22.0 Å². The van der Waals surface area contributed by atoms with Gasteiger partial charge in [0.2, 0.25) is 11.8 Å². The molecule has 1 saturated carbocycles. The number of aliphatic hydroxyl groups is 1. The number of hydrogen-bond donors (Lipinski definition) is 13. The van der Waals surface area contributed by atoms with Gasteiger partial charge in [-0.25, -0.2) is 22.0 Å². The van der Waals surface area contributed by atoms with E-state index in [1.165, 1.54) is 83.1 Å². The number of aromatic amines is 5. The summed E-state index contributed by atoms with van der Waals surface area (Å²) in [4.78, 5) is 88.7. The van der Waals surface area contributed by atoms with Crippen molar-refractivity contribution < 1.29 is 60.6 Å². The molecule has 0 aliphatic heterocycles. The standard InChI is InChI=1S/C22H16FN3OS2.C21H20FN3O2S.C21H16FN3O.C20H17FN4O2S.C19H15FN4O2S/c23-20-15(22(27)24-10-9-14-5-3-11-28-14)7-8-16-19(20)21(26-25-16)18-12-13-4-1-2-6-17(13)29-18;1-11(2)15(10-26)23-21(27)13-7-8-14-18(19(13)22)20(25-24-14)17-9-12-5-3-4-6-16(12)28-17;22-19-16(21(26)23-15-7-8-15)9-10-17-18(19)20(25-24-17)14-6-5-12-3-1-2-4-13(12)11-14;1-11(26)22-8-9-23-20(27)13-6-7-14-17(18(13)21)19(25-24-14)16-10-12-4-2-3-5-15(12)28-16;1-9(18(21)25)22-19(26)11-6-7-12-15(16(11)20)17(24-23-12)14-8-10-4-2-3-5-13(10)27-14/h1-8,11-12H,9-10H2,(H,24,27)(H,25,26);3-9,11,15,26H,10H2,1-2H3,(H,23,27)(H,24,25);1-6,9-11,15H,7-8H2,(H,23,26)(H,24,25);2-7,10H,8-9H2,1H3,(H,22,26)(H,23,27)(H,24,25);2-9H,1H3,(H2,21,25)(H,22,26)(H,23,24)/t;15-;;;9-/m.1..0/s1. The van der Waals surface area contributed by atoms with Gasteiger partial charge in [0.05, 0.1) is 114 Å². The molecule has 0 unspecified atom stereocenters. The summed E-state index contributed by atoms with van der Waals surface area (Å²) in [5, 5.41) is 71.1. The first-order valence-corrected chi connectivity index (χ1v) is 48.0. The zero-order chi connectivity index (χ0) is 96.1. The largest absolute Gasteiger partial charge is 0.394 e. The normalized spacial score (nSPS) is 12.3. The number of primary amides is 1. The highest BCUT2D eigenvalue weighted by Crippen LogP contribution is 2.44. The molecule has 10 heterocycles. The number of thiophene rings is 5. The second-order valence-corrected chi connectivity index (χ2v) is 38.3. The third-order valence-electron chi connectivity index (χ3n) is 23.2. The van der Waals surface area contributed by atoms with Crippen molar-refractivity contribution in [1.29, 1.82) is 0 Å². The Bertz CT molecular complexity index is 8120. The Kier molecular flexibility index (Phi) is 27.3. The van der Waals surface area contributed by atoms with Crippen molar-refractivity contribution in [2.75, 3.05) is 26.2 Å². The van der Waals surface area contributed by atoms with Gasteiger partial charge in [0.15, 0.2) is 0 Å². The number of fused-ring (bicyclic) bond motifs is 10. The van der Waals surface area contributed by atoms with Crippen molar-refractivity contribution in [2.24, 2.45) is 11.7 Å². The Morgan fingerprint density at radius 3 is 1.10 bits per heavy atom. The number of rotatable bonds is 22. The van der Waals surface area contributed by atoms with Gasteiger partial charge in [-0.15, -0.1) is 56.7 Å². The fraction of sp³-hybridized carbons (Fsp3) is 0.146. The molecule has 1 aliphatic carbocycles. The van der Waals surface area contributed by atoms with Crippen LogP contribution >= 0.6 is 56.7 Å². The molecule has 11 aromatic carbocycles. The number of nitrogens with zero attached hydrogens (tertiary/aromatic N) is 5. The molecular formula is C103H84F5N17O8S5. The Labute approximate surface area is 801 Å². The molecule has 10 aromatic heterocycles. The zero-order valence-corrected chi connectivity index (χ0v) is 78.0. The fourth-order valence-electron chi connectivity index (χ4n) is 15.8. The molecule has 25 nitrogen and oxygen atoms in total. The number of H-pyrrole nitrogens is 5. The van der Waals surface area contributed by atoms with Gasteiger partial charge in [-0.3, -0.25) is 59.1 Å². The van der Waals surface area contributed by atoms with E-state index in [0.29, 0.717) is 84.1 Å². The van der Waals surface area contributed by atoms with Crippen LogP contribution in [0.2, 0.25) is 0 Å². The van der Waals surface area contributed by atoms with Crippen LogP contribution in [-0.4, -0.2) is 142 Å². The van der Waals surface area contributed by atoms with Crippen molar-refractivity contribution in [3.63, 3.8) is 0 Å². The predicted molar refractivity (Wildman–Crippen MR) is 538 cm³/mol. The lowest BCUT2D eigenvalue weighted by Gasteiger charge is -2.20. The van der Waals surface area contributed by atoms with E-state index in [0.717, 1.165) is 95.5 Å². The van der Waals surface area contributed by atoms with E-state index in [9.17, 15) is 38.7 Å². The van der Waals surface area contributed by atoms with Crippen LogP contribution in [0, 0.1) is 35.0 Å². The van der Waals surface area contributed by atoms with E-state index in [1.807, 2.05) is 195 Å². The highest BCUT2D eigenvalue weighted by Gasteiger charge is 2.31. The van der Waals surface area contributed by atoms with Crippen molar-refractivity contribution in [1.82, 2.24) is 82.9 Å². The SMILES string of the molecule is CC(=O)NCCNC(=O)c1ccc2[nH]nc(-c3cc4ccccc4s3)c2c1F.CC(C)[C@@H](CO)NC(=O)c1ccc2[nH]nc(-c3cc4ccccc4s3)c2c1F.C[C@H](NC(=O)c1ccc2[nH]nc(-c3cc4ccccc4s3)c2c1F)C(N)=O.O=C(NC1CC1)c1ccc2[nH]nc(-c3ccc4ccccc4c3)c2c1F.O=C(NCCc1cccs1)c1ccc2[nH]nc(-c3cc4ccccc4s3)c2c1F. The number of amides is 7. The molecule has 0 radical (unpaired) electrons. The van der Waals surface area contributed by atoms with E-state index < -0.39 is 70.7 Å². The lowest BCUT2D eigenvalue weighted by atomic mass is 10.0. The molecule has 694 valence electrons. The molecule has 1 aliphatic rings. The summed E-state index contributed by atoms with van der Waals surface area (Å²) >= 11 is 7.74. The molecule has 0 spiro atoms. The average Bonchev–Trinajstić information content (AvgIpc) is 1.67. The van der Waals surface area contributed by atoms with Crippen molar-refractivity contribution in [3.05, 3.63) is 304 Å². The van der Waals surface area contributed by atoms with Gasteiger partial charge in [-0.2, -0.15) is 25.5 Å². The van der Waals surface area contributed by atoms with Crippen LogP contribution < -0.4 is 37.6 Å². The van der Waals surface area contributed by atoms with Crippen molar-refractivity contribution in [2.45, 2.75) is 65.1 Å². The fourth-order valence-corrected chi connectivity index (χ4v) is 20.7. The van der Waals surface area contributed by atoms with E-state index in [-0.39, 0.29) is 76.7 Å². The smallest absolute Gasteiger partial charge is 0.254 e. The van der Waals surface area contributed by atoms with Gasteiger partial charge in [-0.1, -0.05) is 129 Å². The molecule has 2 atom stereocenters. The van der Waals surface area contributed by atoms with E-state index in [4.69, 9.17) is 5.73 Å². The number of carbonyl (C=O) groups excluding carboxylic acids is 7. The monoisotopic (exact) mass is 1940 g/mol. The first-order chi connectivity index (χ1) is 66.9. The number of aromatic nitrogens is 10. The van der Waals surface area contributed by atoms with Gasteiger partial charge in [0, 0.05) is 61.8 Å². The Morgan fingerprint density at radius 2 is 0.739 bits per heavy atom. The van der Waals surface area contributed by atoms with E-state index in [1.54, 1.807) is 53.0 Å². The summed E-state index contributed by atoms with van der Waals surface area (Å²) in [7, 11) is 0. The van der Waals surface area contributed by atoms with Gasteiger partial charge >= 0.3 is 0 Å². The van der Waals surface area contributed by atoms with Crippen molar-refractivity contribution >= 4 is 204 Å². The van der Waals surface area contributed by atoms with Gasteiger partial charge in [-0.05, 0) is 191 Å². The topological polar surface area (TPSA) is 381 Å². The first-order valence-electron chi connectivity index (χ1n) is 43.8. The maximum atomic E-state index is 15.3. The first kappa shape index (κ1) is 92.9. The molecule has 1 fully saturated rings. The Balaban J connectivity index is 0.000000115. The van der Waals surface area contributed by atoms with Gasteiger partial charge in [0.25, 0.3) is 29.5 Å². The highest BCUT2D eigenvalue weighted by molar-refractivity contribution is 7.23. The summed E-state index contributed by atoms with van der Waals surface area (Å²) in [6, 6.07) is 71.8. The van der Waals surface area contributed by atoms with Crippen LogP contribution in [0.25, 0.3) is 159 Å². The minimum atomic E-state index is -0.904. The van der Waals surface area contributed by atoms with Crippen LogP contribution in [0.3, 0.4) is 0 Å². The van der Waals surface area contributed by atoms with Crippen molar-refractivity contribution in [3.8, 4) is 53.5 Å². The molecule has 0 bridgehead atoms. The summed E-state index contributed by atoms with van der Waals surface area (Å²) in [6.45, 7) is 7.36. The minimum Gasteiger partial charge on any atom is -0.394 e.